The molecular weight excluding hydrogens is 720 g/mol. The van der Waals surface area contributed by atoms with Gasteiger partial charge in [0.15, 0.2) is 0 Å². The van der Waals surface area contributed by atoms with Crippen LogP contribution in [0.4, 0.5) is 0 Å². The Bertz CT molecular complexity index is 2280. The number of hydrogen-bond donors (Lipinski definition) is 0. The van der Waals surface area contributed by atoms with Crippen LogP contribution in [-0.4, -0.2) is 5.43 Å². The number of unbranched alkanes of at least 4 members (excludes halogenated alkanes) is 2. The standard InChI is InChI=1S/2C24H23.C2H6Si.Zr/c2*1-3-4-8-18-15-20-10-7-12-22(23(20)16-18)24-17(2)13-14-19-9-5-6-11-21(19)24;1-3-2;/h2*5-7,9-16H,3-4,8H2,1-2H3;1-2H3;/q2*-1;;+2. The first-order valence-electron chi connectivity index (χ1n) is 19.1. The van der Waals surface area contributed by atoms with Gasteiger partial charge in [-0.25, -0.2) is 0 Å². The first kappa shape index (κ1) is 37.9. The number of benzene rings is 6. The Kier molecular flexibility index (Phi) is 13.0. The van der Waals surface area contributed by atoms with Gasteiger partial charge in [0, 0.05) is 0 Å². The van der Waals surface area contributed by atoms with Crippen molar-refractivity contribution in [2.45, 2.75) is 79.3 Å². The van der Waals surface area contributed by atoms with Gasteiger partial charge in [0.2, 0.25) is 0 Å². The van der Waals surface area contributed by atoms with E-state index >= 15 is 0 Å². The summed E-state index contributed by atoms with van der Waals surface area (Å²) in [4.78, 5) is 0. The molecule has 0 spiro atoms. The number of fused-ring (bicyclic) bond motifs is 4. The molecule has 0 amide bonds. The third-order valence-electron chi connectivity index (χ3n) is 10.1. The molecule has 2 heteroatoms. The van der Waals surface area contributed by atoms with Crippen molar-refractivity contribution in [2.24, 2.45) is 0 Å². The average Bonchev–Trinajstić information content (AvgIpc) is 3.77. The van der Waals surface area contributed by atoms with Crippen molar-refractivity contribution < 1.29 is 23.3 Å². The molecule has 8 rings (SSSR count). The van der Waals surface area contributed by atoms with Crippen molar-refractivity contribution in [1.82, 2.24) is 0 Å². The third-order valence-corrected chi connectivity index (χ3v) is 10.1. The molecule has 0 bridgehead atoms. The van der Waals surface area contributed by atoms with E-state index in [1.165, 1.54) is 126 Å². The van der Waals surface area contributed by atoms with E-state index in [1.54, 1.807) is 23.3 Å². The summed E-state index contributed by atoms with van der Waals surface area (Å²) in [6.07, 6.45) is 7.38. The Hall–Kier alpha value is -3.84. The van der Waals surface area contributed by atoms with E-state index in [1.807, 2.05) is 0 Å². The van der Waals surface area contributed by atoms with E-state index in [9.17, 15) is 0 Å². The Labute approximate surface area is 327 Å². The van der Waals surface area contributed by atoms with Gasteiger partial charge in [-0.3, -0.25) is 0 Å². The van der Waals surface area contributed by atoms with Gasteiger partial charge in [-0.05, 0) is 70.5 Å². The van der Waals surface area contributed by atoms with Crippen LogP contribution in [0, 0.1) is 13.8 Å². The van der Waals surface area contributed by atoms with E-state index in [-0.39, 0.29) is 5.43 Å². The van der Waals surface area contributed by atoms with Crippen LogP contribution in [0.15, 0.2) is 133 Å². The molecule has 0 aromatic heterocycles. The van der Waals surface area contributed by atoms with Gasteiger partial charge in [-0.2, -0.15) is 12.1 Å². The van der Waals surface area contributed by atoms with Crippen molar-refractivity contribution in [2.75, 3.05) is 0 Å². The molecule has 0 saturated heterocycles. The maximum atomic E-state index is 2.40. The summed E-state index contributed by atoms with van der Waals surface area (Å²) in [7, 11) is 0. The predicted octanol–water partition coefficient (Wildman–Crippen LogP) is 14.8. The average molecular weight is 772 g/mol. The van der Waals surface area contributed by atoms with Crippen molar-refractivity contribution in [1.29, 1.82) is 0 Å². The predicted molar refractivity (Wildman–Crippen MR) is 229 cm³/mol. The Balaban J connectivity index is 0.000000162. The summed E-state index contributed by atoms with van der Waals surface area (Å²) >= 11 is 1.74. The molecule has 0 atom stereocenters. The first-order chi connectivity index (χ1) is 25.3. The molecule has 0 aliphatic heterocycles. The molecule has 0 aliphatic carbocycles. The van der Waals surface area contributed by atoms with Crippen LogP contribution in [0.1, 0.15) is 61.8 Å². The molecule has 0 unspecified atom stereocenters. The summed E-state index contributed by atoms with van der Waals surface area (Å²) in [5.41, 5.74) is 11.3. The molecule has 0 radical (unpaired) electrons. The van der Waals surface area contributed by atoms with E-state index in [0.29, 0.717) is 0 Å². The summed E-state index contributed by atoms with van der Waals surface area (Å²) in [5, 5.41) is 10.8. The van der Waals surface area contributed by atoms with Gasteiger partial charge in [0.05, 0.1) is 0 Å². The molecule has 0 heterocycles. The molecule has 52 heavy (non-hydrogen) atoms. The first-order valence-corrected chi connectivity index (χ1v) is 25.3. The van der Waals surface area contributed by atoms with Crippen LogP contribution in [0.3, 0.4) is 0 Å². The number of rotatable bonds is 8. The fourth-order valence-corrected chi connectivity index (χ4v) is 7.56. The SMILES string of the molecule is CCCCc1cc2c(-c3c(C)ccc4ccccc34)cccc2[cH-]1.CCCCc1cc2c(-c3c(C)ccc4ccccc34)cccc2[cH-]1.C[Si](C)=[Zr+2]. The molecule has 8 aromatic rings. The Morgan fingerprint density at radius 2 is 0.904 bits per heavy atom. The van der Waals surface area contributed by atoms with Gasteiger partial charge in [-0.1, -0.05) is 136 Å². The Morgan fingerprint density at radius 1 is 0.500 bits per heavy atom. The molecule has 0 saturated carbocycles. The summed E-state index contributed by atoms with van der Waals surface area (Å²) < 4.78 is 0. The summed E-state index contributed by atoms with van der Waals surface area (Å²) in [6, 6.07) is 49.4. The van der Waals surface area contributed by atoms with Gasteiger partial charge < -0.3 is 0 Å². The van der Waals surface area contributed by atoms with E-state index in [0.717, 1.165) is 0 Å². The van der Waals surface area contributed by atoms with Crippen molar-refractivity contribution in [3.8, 4) is 22.3 Å². The van der Waals surface area contributed by atoms with E-state index in [4.69, 9.17) is 0 Å². The zero-order valence-electron chi connectivity index (χ0n) is 31.9. The molecule has 0 fully saturated rings. The summed E-state index contributed by atoms with van der Waals surface area (Å²) in [6.45, 7) is 13.6. The second-order valence-electron chi connectivity index (χ2n) is 14.5. The van der Waals surface area contributed by atoms with Gasteiger partial charge >= 0.3 is 41.9 Å². The second kappa shape index (κ2) is 17.8. The van der Waals surface area contributed by atoms with Crippen LogP contribution in [0.5, 0.6) is 0 Å². The minimum absolute atomic E-state index is 0.210. The minimum atomic E-state index is 0.210. The van der Waals surface area contributed by atoms with Crippen molar-refractivity contribution >= 4 is 48.5 Å². The van der Waals surface area contributed by atoms with Crippen LogP contribution < -0.4 is 0 Å². The van der Waals surface area contributed by atoms with Gasteiger partial charge in [0.1, 0.15) is 0 Å². The molecule has 0 nitrogen and oxygen atoms in total. The van der Waals surface area contributed by atoms with Crippen molar-refractivity contribution in [3.05, 3.63) is 156 Å². The molecule has 8 aromatic carbocycles. The zero-order valence-corrected chi connectivity index (χ0v) is 35.4. The normalized spacial score (nSPS) is 11.1. The third kappa shape index (κ3) is 8.68. The summed E-state index contributed by atoms with van der Waals surface area (Å²) in [5.74, 6) is 0. The molecular formula is C50H52SiZr. The van der Waals surface area contributed by atoms with Crippen LogP contribution in [0.2, 0.25) is 13.1 Å². The molecule has 260 valence electrons. The topological polar surface area (TPSA) is 0 Å². The molecule has 0 aliphatic rings. The van der Waals surface area contributed by atoms with Crippen LogP contribution >= 0.6 is 0 Å². The van der Waals surface area contributed by atoms with Gasteiger partial charge in [-0.15, -0.1) is 69.1 Å². The fraction of sp³-hybridized carbons (Fsp3) is 0.240. The maximum absolute atomic E-state index is 2.40. The van der Waals surface area contributed by atoms with Crippen molar-refractivity contribution in [3.63, 3.8) is 0 Å². The molecule has 0 N–H and O–H groups in total. The number of hydrogen-bond acceptors (Lipinski definition) is 0. The zero-order chi connectivity index (χ0) is 36.6. The van der Waals surface area contributed by atoms with E-state index in [2.05, 4.69) is 174 Å². The Morgan fingerprint density at radius 3 is 1.31 bits per heavy atom. The quantitative estimate of drug-likeness (QED) is 0.107. The fourth-order valence-electron chi connectivity index (χ4n) is 7.56. The monoisotopic (exact) mass is 770 g/mol. The number of aryl methyl sites for hydroxylation is 4. The van der Waals surface area contributed by atoms with E-state index < -0.39 is 0 Å². The van der Waals surface area contributed by atoms with Crippen LogP contribution in [-0.2, 0) is 36.2 Å². The van der Waals surface area contributed by atoms with Gasteiger partial charge in [0.25, 0.3) is 0 Å². The van der Waals surface area contributed by atoms with Crippen LogP contribution in [0.25, 0.3) is 65.3 Å². The second-order valence-corrected chi connectivity index (χ2v) is 23.9.